The second-order valence-electron chi connectivity index (χ2n) is 8.44. The first-order valence-electron chi connectivity index (χ1n) is 11.1. The quantitative estimate of drug-likeness (QED) is 0.221. The summed E-state index contributed by atoms with van der Waals surface area (Å²) >= 11 is 0. The van der Waals surface area contributed by atoms with Gasteiger partial charge in [-0.05, 0) is 46.7 Å². The van der Waals surface area contributed by atoms with Crippen LogP contribution < -0.4 is 0 Å². The van der Waals surface area contributed by atoms with E-state index in [1.54, 1.807) is 36.4 Å². The van der Waals surface area contributed by atoms with Gasteiger partial charge in [-0.2, -0.15) is 13.2 Å². The number of rotatable bonds is 4. The SMILES string of the molecule is O=C1C(=O)N(Cc2cccc(C(F)(F)F)c2)C(c2ccccn2)/C1=C(/O)c1ccc2ccccc2c1. The van der Waals surface area contributed by atoms with Gasteiger partial charge in [0.05, 0.1) is 16.8 Å². The van der Waals surface area contributed by atoms with Crippen molar-refractivity contribution in [1.29, 1.82) is 0 Å². The van der Waals surface area contributed by atoms with Crippen molar-refractivity contribution in [2.24, 2.45) is 0 Å². The number of fused-ring (bicyclic) bond motifs is 1. The van der Waals surface area contributed by atoms with E-state index in [2.05, 4.69) is 4.98 Å². The lowest BCUT2D eigenvalue weighted by Crippen LogP contribution is -2.29. The third-order valence-corrected chi connectivity index (χ3v) is 6.14. The first kappa shape index (κ1) is 23.3. The summed E-state index contributed by atoms with van der Waals surface area (Å²) < 4.78 is 39.7. The number of carbonyl (C=O) groups excluding carboxylic acids is 2. The van der Waals surface area contributed by atoms with E-state index in [9.17, 15) is 27.9 Å². The number of halogens is 3. The molecule has 1 aliphatic heterocycles. The average molecular weight is 488 g/mol. The van der Waals surface area contributed by atoms with Gasteiger partial charge >= 0.3 is 6.18 Å². The number of aromatic nitrogens is 1. The molecule has 1 aromatic heterocycles. The molecule has 0 saturated carbocycles. The Kier molecular flexibility index (Phi) is 5.80. The Labute approximate surface area is 204 Å². The molecule has 1 amide bonds. The van der Waals surface area contributed by atoms with E-state index in [-0.39, 0.29) is 23.4 Å². The van der Waals surface area contributed by atoms with Crippen LogP contribution in [0.5, 0.6) is 0 Å². The van der Waals surface area contributed by atoms with Crippen molar-refractivity contribution in [2.75, 3.05) is 0 Å². The molecule has 180 valence electrons. The molecule has 5 nitrogen and oxygen atoms in total. The Morgan fingerprint density at radius 1 is 0.889 bits per heavy atom. The number of nitrogens with zero attached hydrogens (tertiary/aromatic N) is 2. The van der Waals surface area contributed by atoms with Gasteiger partial charge in [0.1, 0.15) is 11.8 Å². The summed E-state index contributed by atoms with van der Waals surface area (Å²) in [7, 11) is 0. The molecule has 5 rings (SSSR count). The molecule has 2 heterocycles. The van der Waals surface area contributed by atoms with Crippen LogP contribution in [-0.4, -0.2) is 26.7 Å². The highest BCUT2D eigenvalue weighted by atomic mass is 19.4. The molecule has 1 unspecified atom stereocenters. The number of ketones is 1. The molecule has 1 aliphatic rings. The van der Waals surface area contributed by atoms with Gasteiger partial charge in [-0.25, -0.2) is 0 Å². The zero-order chi connectivity index (χ0) is 25.4. The average Bonchev–Trinajstić information content (AvgIpc) is 3.13. The number of carbonyl (C=O) groups is 2. The van der Waals surface area contributed by atoms with Gasteiger partial charge in [-0.3, -0.25) is 14.6 Å². The van der Waals surface area contributed by atoms with Crippen molar-refractivity contribution < 1.29 is 27.9 Å². The number of hydrogen-bond donors (Lipinski definition) is 1. The van der Waals surface area contributed by atoms with Crippen LogP contribution in [0, 0.1) is 0 Å². The van der Waals surface area contributed by atoms with Crippen molar-refractivity contribution in [3.63, 3.8) is 0 Å². The lowest BCUT2D eigenvalue weighted by molar-refractivity contribution is -0.140. The van der Waals surface area contributed by atoms with Crippen LogP contribution in [-0.2, 0) is 22.3 Å². The van der Waals surface area contributed by atoms with E-state index in [0.29, 0.717) is 11.3 Å². The Morgan fingerprint density at radius 2 is 1.64 bits per heavy atom. The van der Waals surface area contributed by atoms with Crippen molar-refractivity contribution in [3.8, 4) is 0 Å². The molecule has 1 atom stereocenters. The standard InChI is InChI=1S/C28H19F3N2O3/c29-28(30,31)21-9-5-6-17(14-21)16-33-24(22-10-3-4-13-32-22)23(26(35)27(33)36)25(34)20-12-11-18-7-1-2-8-19(18)15-20/h1-15,24,34H,16H2/b25-23-. The highest BCUT2D eigenvalue weighted by Gasteiger charge is 2.46. The molecule has 0 spiro atoms. The number of aliphatic hydroxyl groups is 1. The number of alkyl halides is 3. The lowest BCUT2D eigenvalue weighted by Gasteiger charge is -2.25. The smallest absolute Gasteiger partial charge is 0.416 e. The van der Waals surface area contributed by atoms with E-state index in [0.717, 1.165) is 27.8 Å². The lowest BCUT2D eigenvalue weighted by atomic mass is 9.97. The van der Waals surface area contributed by atoms with Gasteiger partial charge in [0.2, 0.25) is 0 Å². The van der Waals surface area contributed by atoms with Crippen LogP contribution in [0.2, 0.25) is 0 Å². The van der Waals surface area contributed by atoms with Crippen LogP contribution in [0.25, 0.3) is 16.5 Å². The van der Waals surface area contributed by atoms with E-state index >= 15 is 0 Å². The summed E-state index contributed by atoms with van der Waals surface area (Å²) in [5, 5.41) is 13.0. The summed E-state index contributed by atoms with van der Waals surface area (Å²) in [5.41, 5.74) is -0.181. The van der Waals surface area contributed by atoms with Gasteiger partial charge < -0.3 is 10.0 Å². The molecule has 36 heavy (non-hydrogen) atoms. The van der Waals surface area contributed by atoms with Crippen molar-refractivity contribution in [3.05, 3.63) is 119 Å². The predicted octanol–water partition coefficient (Wildman–Crippen LogP) is 5.88. The third kappa shape index (κ3) is 4.22. The second kappa shape index (κ2) is 8.96. The van der Waals surface area contributed by atoms with Crippen LogP contribution in [0.4, 0.5) is 13.2 Å². The number of hydrogen-bond acceptors (Lipinski definition) is 4. The maximum atomic E-state index is 13.2. The molecule has 3 aromatic carbocycles. The summed E-state index contributed by atoms with van der Waals surface area (Å²) in [6, 6.07) is 21.1. The zero-order valence-electron chi connectivity index (χ0n) is 18.7. The van der Waals surface area contributed by atoms with Gasteiger partial charge in [0.25, 0.3) is 11.7 Å². The topological polar surface area (TPSA) is 70.5 Å². The van der Waals surface area contributed by atoms with E-state index in [1.807, 2.05) is 24.3 Å². The normalized spacial score (nSPS) is 17.6. The molecule has 0 aliphatic carbocycles. The minimum Gasteiger partial charge on any atom is -0.507 e. The molecule has 4 aromatic rings. The van der Waals surface area contributed by atoms with Gasteiger partial charge in [-0.15, -0.1) is 0 Å². The first-order valence-corrected chi connectivity index (χ1v) is 11.1. The second-order valence-corrected chi connectivity index (χ2v) is 8.44. The fourth-order valence-corrected chi connectivity index (χ4v) is 4.42. The summed E-state index contributed by atoms with van der Waals surface area (Å²) in [6.07, 6.45) is -3.07. The third-order valence-electron chi connectivity index (χ3n) is 6.14. The largest absolute Gasteiger partial charge is 0.507 e. The van der Waals surface area contributed by atoms with Crippen LogP contribution in [0.3, 0.4) is 0 Å². The molecule has 8 heteroatoms. The maximum absolute atomic E-state index is 13.2. The summed E-state index contributed by atoms with van der Waals surface area (Å²) in [4.78, 5) is 31.7. The minimum atomic E-state index is -4.55. The van der Waals surface area contributed by atoms with Crippen molar-refractivity contribution >= 4 is 28.2 Å². The number of aliphatic hydroxyl groups excluding tert-OH is 1. The highest BCUT2D eigenvalue weighted by molar-refractivity contribution is 6.46. The highest BCUT2D eigenvalue weighted by Crippen LogP contribution is 2.40. The first-order chi connectivity index (χ1) is 17.2. The van der Waals surface area contributed by atoms with Crippen molar-refractivity contribution in [1.82, 2.24) is 9.88 Å². The fourth-order valence-electron chi connectivity index (χ4n) is 4.42. The van der Waals surface area contributed by atoms with Gasteiger partial charge in [0.15, 0.2) is 0 Å². The molecule has 0 radical (unpaired) electrons. The molecule has 1 N–H and O–H groups in total. The predicted molar refractivity (Wildman–Crippen MR) is 127 cm³/mol. The molecular weight excluding hydrogens is 469 g/mol. The fraction of sp³-hybridized carbons (Fsp3) is 0.107. The van der Waals surface area contributed by atoms with E-state index in [1.165, 1.54) is 18.3 Å². The Morgan fingerprint density at radius 3 is 2.36 bits per heavy atom. The zero-order valence-corrected chi connectivity index (χ0v) is 18.7. The number of Topliss-reactive ketones (excluding diaryl/α,β-unsaturated/α-hetero) is 1. The molecule has 0 bridgehead atoms. The Bertz CT molecular complexity index is 1510. The molecular formula is C28H19F3N2O3. The summed E-state index contributed by atoms with van der Waals surface area (Å²) in [6.45, 7) is -0.274. The van der Waals surface area contributed by atoms with Gasteiger partial charge in [-0.1, -0.05) is 54.6 Å². The number of likely N-dealkylation sites (tertiary alicyclic amines) is 1. The Balaban J connectivity index is 1.62. The van der Waals surface area contributed by atoms with Crippen LogP contribution in [0.1, 0.15) is 28.4 Å². The van der Waals surface area contributed by atoms with Crippen molar-refractivity contribution in [2.45, 2.75) is 18.8 Å². The number of amides is 1. The molecule has 1 saturated heterocycles. The van der Waals surface area contributed by atoms with E-state index in [4.69, 9.17) is 0 Å². The monoisotopic (exact) mass is 488 g/mol. The van der Waals surface area contributed by atoms with E-state index < -0.39 is 29.5 Å². The maximum Gasteiger partial charge on any atom is 0.416 e. The molecule has 1 fully saturated rings. The minimum absolute atomic E-state index is 0.166. The summed E-state index contributed by atoms with van der Waals surface area (Å²) in [5.74, 6) is -2.23. The Hall–Kier alpha value is -4.46. The van der Waals surface area contributed by atoms with Gasteiger partial charge in [0, 0.05) is 18.3 Å². The number of pyridine rings is 1. The van der Waals surface area contributed by atoms with Crippen LogP contribution >= 0.6 is 0 Å². The number of benzene rings is 3. The van der Waals surface area contributed by atoms with Crippen LogP contribution in [0.15, 0.2) is 96.7 Å².